The van der Waals surface area contributed by atoms with E-state index < -0.39 is 0 Å². The molecule has 2 rings (SSSR count). The molecule has 146 valence electrons. The maximum absolute atomic E-state index is 11.7. The fourth-order valence-corrected chi connectivity index (χ4v) is 2.59. The van der Waals surface area contributed by atoms with Crippen LogP contribution in [0.3, 0.4) is 0 Å². The van der Waals surface area contributed by atoms with Crippen LogP contribution in [0.15, 0.2) is 47.7 Å². The van der Waals surface area contributed by atoms with Crippen LogP contribution < -0.4 is 16.0 Å². The van der Waals surface area contributed by atoms with Crippen molar-refractivity contribution in [2.24, 2.45) is 4.99 Å². The van der Waals surface area contributed by atoms with E-state index in [0.717, 1.165) is 37.6 Å². The number of carbonyl (C=O) groups excluding carboxylic acids is 1. The molecule has 0 aliphatic heterocycles. The number of carbonyl (C=O) groups is 1. The summed E-state index contributed by atoms with van der Waals surface area (Å²) in [7, 11) is 0. The average molecular weight is 371 g/mol. The van der Waals surface area contributed by atoms with Crippen molar-refractivity contribution in [3.8, 4) is 0 Å². The van der Waals surface area contributed by atoms with Crippen molar-refractivity contribution < 1.29 is 4.79 Å². The standard InChI is InChI=1S/C20H30N6O/c1-3-11-22-19(27)10-13-23-20(21-4-2)24-15-17-8-5-6-9-18(17)16-26-14-7-12-25-26/h5-9,12,14H,3-4,10-11,13,15-16H2,1-2H3,(H,22,27)(H2,21,23,24). The Morgan fingerprint density at radius 2 is 1.89 bits per heavy atom. The van der Waals surface area contributed by atoms with E-state index in [1.54, 1.807) is 6.20 Å². The van der Waals surface area contributed by atoms with Gasteiger partial charge in [-0.1, -0.05) is 31.2 Å². The molecule has 1 amide bonds. The smallest absolute Gasteiger partial charge is 0.221 e. The molecule has 0 atom stereocenters. The fourth-order valence-electron chi connectivity index (χ4n) is 2.59. The average Bonchev–Trinajstić information content (AvgIpc) is 3.18. The third kappa shape index (κ3) is 7.52. The first-order valence-corrected chi connectivity index (χ1v) is 9.56. The number of rotatable bonds is 10. The highest BCUT2D eigenvalue weighted by Gasteiger charge is 2.05. The zero-order valence-electron chi connectivity index (χ0n) is 16.2. The quantitative estimate of drug-likeness (QED) is 0.441. The van der Waals surface area contributed by atoms with E-state index >= 15 is 0 Å². The first-order chi connectivity index (χ1) is 13.2. The Labute approximate surface area is 161 Å². The van der Waals surface area contributed by atoms with Crippen molar-refractivity contribution in [1.82, 2.24) is 25.7 Å². The summed E-state index contributed by atoms with van der Waals surface area (Å²) in [4.78, 5) is 16.4. The highest BCUT2D eigenvalue weighted by atomic mass is 16.1. The number of nitrogens with one attached hydrogen (secondary N) is 3. The van der Waals surface area contributed by atoms with Crippen LogP contribution in [0, 0.1) is 0 Å². The van der Waals surface area contributed by atoms with E-state index in [1.165, 1.54) is 5.56 Å². The first kappa shape index (κ1) is 20.5. The Bertz CT molecular complexity index is 711. The van der Waals surface area contributed by atoms with Crippen molar-refractivity contribution >= 4 is 11.9 Å². The lowest BCUT2D eigenvalue weighted by Crippen LogP contribution is -2.39. The van der Waals surface area contributed by atoms with Crippen molar-refractivity contribution in [3.63, 3.8) is 0 Å². The molecule has 7 nitrogen and oxygen atoms in total. The summed E-state index contributed by atoms with van der Waals surface area (Å²) >= 11 is 0. The number of guanidine groups is 1. The summed E-state index contributed by atoms with van der Waals surface area (Å²) in [6.45, 7) is 7.39. The zero-order chi connectivity index (χ0) is 19.3. The second-order valence-corrected chi connectivity index (χ2v) is 6.19. The maximum Gasteiger partial charge on any atom is 0.221 e. The lowest BCUT2D eigenvalue weighted by molar-refractivity contribution is -0.120. The van der Waals surface area contributed by atoms with Gasteiger partial charge in [0.05, 0.1) is 13.1 Å². The molecule has 1 heterocycles. The predicted octanol–water partition coefficient (Wildman–Crippen LogP) is 1.90. The Hall–Kier alpha value is -2.83. The molecule has 0 aliphatic carbocycles. The molecular weight excluding hydrogens is 340 g/mol. The Morgan fingerprint density at radius 1 is 1.07 bits per heavy atom. The number of nitrogens with zero attached hydrogens (tertiary/aromatic N) is 3. The summed E-state index contributed by atoms with van der Waals surface area (Å²) in [5.74, 6) is 0.777. The van der Waals surface area contributed by atoms with Gasteiger partial charge in [-0.3, -0.25) is 9.48 Å². The van der Waals surface area contributed by atoms with E-state index in [9.17, 15) is 4.79 Å². The van der Waals surface area contributed by atoms with Crippen molar-refractivity contribution in [2.45, 2.75) is 39.8 Å². The van der Waals surface area contributed by atoms with E-state index in [2.05, 4.69) is 38.2 Å². The molecule has 2 aromatic rings. The molecule has 0 saturated carbocycles. The van der Waals surface area contributed by atoms with Gasteiger partial charge < -0.3 is 16.0 Å². The minimum atomic E-state index is 0.0600. The SMILES string of the molecule is CCCNC(=O)CCNC(=NCc1ccccc1Cn1cccn1)NCC. The van der Waals surface area contributed by atoms with Gasteiger partial charge in [0, 0.05) is 38.4 Å². The van der Waals surface area contributed by atoms with Gasteiger partial charge in [-0.25, -0.2) is 4.99 Å². The van der Waals surface area contributed by atoms with Gasteiger partial charge in [-0.05, 0) is 30.5 Å². The van der Waals surface area contributed by atoms with Crippen LogP contribution in [0.1, 0.15) is 37.8 Å². The lowest BCUT2D eigenvalue weighted by Gasteiger charge is -2.12. The number of benzene rings is 1. The number of aromatic nitrogens is 2. The number of aliphatic imine (C=N–C) groups is 1. The lowest BCUT2D eigenvalue weighted by atomic mass is 10.1. The molecule has 1 aromatic carbocycles. The monoisotopic (exact) mass is 370 g/mol. The summed E-state index contributed by atoms with van der Waals surface area (Å²) in [5, 5.41) is 13.6. The topological polar surface area (TPSA) is 83.3 Å². The van der Waals surface area contributed by atoms with Crippen LogP contribution in [0.2, 0.25) is 0 Å². The molecule has 27 heavy (non-hydrogen) atoms. The molecule has 0 radical (unpaired) electrons. The van der Waals surface area contributed by atoms with E-state index in [4.69, 9.17) is 0 Å². The van der Waals surface area contributed by atoms with Gasteiger partial charge in [-0.2, -0.15) is 5.10 Å². The van der Waals surface area contributed by atoms with E-state index in [1.807, 2.05) is 42.9 Å². The van der Waals surface area contributed by atoms with Crippen molar-refractivity contribution in [3.05, 3.63) is 53.9 Å². The van der Waals surface area contributed by atoms with Crippen LogP contribution >= 0.6 is 0 Å². The normalized spacial score (nSPS) is 11.3. The molecule has 0 fully saturated rings. The van der Waals surface area contributed by atoms with Crippen molar-refractivity contribution in [2.75, 3.05) is 19.6 Å². The van der Waals surface area contributed by atoms with Gasteiger partial charge in [0.1, 0.15) is 0 Å². The Kier molecular flexibility index (Phi) is 8.89. The number of amides is 1. The van der Waals surface area contributed by atoms with Gasteiger partial charge >= 0.3 is 0 Å². The van der Waals surface area contributed by atoms with Gasteiger partial charge in [0.15, 0.2) is 5.96 Å². The summed E-state index contributed by atoms with van der Waals surface area (Å²) in [5.41, 5.74) is 2.35. The Balaban J connectivity index is 1.93. The van der Waals surface area contributed by atoms with Crippen LogP contribution in [0.25, 0.3) is 0 Å². The molecule has 0 aliphatic rings. The third-order valence-corrected chi connectivity index (χ3v) is 3.98. The largest absolute Gasteiger partial charge is 0.357 e. The fraction of sp³-hybridized carbons (Fsp3) is 0.450. The molecule has 0 bridgehead atoms. The van der Waals surface area contributed by atoms with Crippen LogP contribution in [0.5, 0.6) is 0 Å². The molecule has 1 aromatic heterocycles. The Morgan fingerprint density at radius 3 is 2.59 bits per heavy atom. The van der Waals surface area contributed by atoms with Gasteiger partial charge in [0.2, 0.25) is 5.91 Å². The van der Waals surface area contributed by atoms with E-state index in [0.29, 0.717) is 19.5 Å². The zero-order valence-corrected chi connectivity index (χ0v) is 16.2. The molecule has 3 N–H and O–H groups in total. The summed E-state index contributed by atoms with van der Waals surface area (Å²) in [6, 6.07) is 10.2. The number of hydrogen-bond acceptors (Lipinski definition) is 3. The molecule has 0 spiro atoms. The van der Waals surface area contributed by atoms with Crippen molar-refractivity contribution in [1.29, 1.82) is 0 Å². The predicted molar refractivity (Wildman–Crippen MR) is 109 cm³/mol. The minimum Gasteiger partial charge on any atom is -0.357 e. The van der Waals surface area contributed by atoms with Crippen LogP contribution in [0.4, 0.5) is 0 Å². The van der Waals surface area contributed by atoms with E-state index in [-0.39, 0.29) is 5.91 Å². The molecule has 7 heteroatoms. The molecular formula is C20H30N6O. The van der Waals surface area contributed by atoms with Crippen LogP contribution in [-0.2, 0) is 17.9 Å². The molecule has 0 unspecified atom stereocenters. The highest BCUT2D eigenvalue weighted by Crippen LogP contribution is 2.11. The van der Waals surface area contributed by atoms with Gasteiger partial charge in [-0.15, -0.1) is 0 Å². The second kappa shape index (κ2) is 11.7. The molecule has 0 saturated heterocycles. The first-order valence-electron chi connectivity index (χ1n) is 9.56. The summed E-state index contributed by atoms with van der Waals surface area (Å²) < 4.78 is 1.90. The van der Waals surface area contributed by atoms with Gasteiger partial charge in [0.25, 0.3) is 0 Å². The summed E-state index contributed by atoms with van der Waals surface area (Å²) in [6.07, 6.45) is 5.11. The third-order valence-electron chi connectivity index (χ3n) is 3.98. The minimum absolute atomic E-state index is 0.0600. The number of hydrogen-bond donors (Lipinski definition) is 3. The van der Waals surface area contributed by atoms with Crippen LogP contribution in [-0.4, -0.2) is 41.3 Å². The maximum atomic E-state index is 11.7. The highest BCUT2D eigenvalue weighted by molar-refractivity contribution is 5.81. The second-order valence-electron chi connectivity index (χ2n) is 6.19.